The van der Waals surface area contributed by atoms with Gasteiger partial charge in [-0.25, -0.2) is 4.79 Å². The normalized spacial score (nSPS) is 10.7. The third kappa shape index (κ3) is 4.21. The zero-order chi connectivity index (χ0) is 18.0. The fourth-order valence-corrected chi connectivity index (χ4v) is 3.04. The highest BCUT2D eigenvalue weighted by Crippen LogP contribution is 2.28. The Morgan fingerprint density at radius 3 is 2.46 bits per heavy atom. The molecule has 0 bridgehead atoms. The second kappa shape index (κ2) is 8.58. The molecule has 3 rings (SSSR count). The van der Waals surface area contributed by atoms with Crippen LogP contribution in [0.15, 0.2) is 45.6 Å². The molecule has 0 spiro atoms. The lowest BCUT2D eigenvalue weighted by Gasteiger charge is -2.10. The highest BCUT2D eigenvalue weighted by molar-refractivity contribution is 6.30. The topological polar surface area (TPSA) is 67.1 Å². The molecule has 0 amide bonds. The lowest BCUT2D eigenvalue weighted by molar-refractivity contribution is -0.670. The minimum Gasteiger partial charge on any atom is -1.00 e. The maximum absolute atomic E-state index is 12.0. The molecule has 0 atom stereocenters. The molecule has 1 heterocycles. The van der Waals surface area contributed by atoms with Gasteiger partial charge in [0, 0.05) is 22.4 Å². The fraction of sp³-hybridized carbons (Fsp3) is 0.250. The van der Waals surface area contributed by atoms with E-state index in [0.29, 0.717) is 23.3 Å². The molecule has 0 saturated carbocycles. The van der Waals surface area contributed by atoms with E-state index in [9.17, 15) is 9.90 Å². The molecule has 3 N–H and O–H groups in total. The molecular weight excluding hydrogens is 373 g/mol. The fourth-order valence-electron chi connectivity index (χ4n) is 2.92. The van der Waals surface area contributed by atoms with E-state index in [-0.39, 0.29) is 23.8 Å². The molecule has 6 heteroatoms. The highest BCUT2D eigenvalue weighted by atomic mass is 35.5. The van der Waals surface area contributed by atoms with Crippen LogP contribution in [0.1, 0.15) is 22.3 Å². The van der Waals surface area contributed by atoms with Gasteiger partial charge in [-0.2, -0.15) is 0 Å². The van der Waals surface area contributed by atoms with Crippen molar-refractivity contribution < 1.29 is 27.2 Å². The van der Waals surface area contributed by atoms with E-state index >= 15 is 0 Å². The van der Waals surface area contributed by atoms with E-state index in [4.69, 9.17) is 16.0 Å². The number of nitrogens with two attached hydrogens (primary N) is 1. The Balaban J connectivity index is 0.00000243. The molecule has 0 aliphatic rings. The number of quaternary nitrogens is 1. The van der Waals surface area contributed by atoms with Crippen molar-refractivity contribution in [2.45, 2.75) is 26.8 Å². The summed E-state index contributed by atoms with van der Waals surface area (Å²) < 4.78 is 5.46. The van der Waals surface area contributed by atoms with Gasteiger partial charge in [0.15, 0.2) is 5.58 Å². The number of aromatic hydroxyl groups is 1. The number of rotatable bonds is 5. The monoisotopic (exact) mass is 393 g/mol. The molecule has 4 nitrogen and oxygen atoms in total. The Morgan fingerprint density at radius 2 is 1.77 bits per heavy atom. The van der Waals surface area contributed by atoms with Crippen LogP contribution in [0.4, 0.5) is 0 Å². The minimum absolute atomic E-state index is 0. The van der Waals surface area contributed by atoms with Gasteiger partial charge in [0.05, 0.1) is 12.1 Å². The number of benzene rings is 2. The summed E-state index contributed by atoms with van der Waals surface area (Å²) in [7, 11) is 0. The molecule has 0 radical (unpaired) electrons. The summed E-state index contributed by atoms with van der Waals surface area (Å²) in [5, 5.41) is 13.9. The van der Waals surface area contributed by atoms with Crippen molar-refractivity contribution in [2.75, 3.05) is 6.54 Å². The predicted octanol–water partition coefficient (Wildman–Crippen LogP) is 0.0789. The summed E-state index contributed by atoms with van der Waals surface area (Å²) >= 11 is 5.89. The van der Waals surface area contributed by atoms with Crippen molar-refractivity contribution in [1.29, 1.82) is 0 Å². The Morgan fingerprint density at radius 1 is 1.08 bits per heavy atom. The smallest absolute Gasteiger partial charge is 0.339 e. The van der Waals surface area contributed by atoms with Gasteiger partial charge in [0.25, 0.3) is 0 Å². The van der Waals surface area contributed by atoms with Crippen LogP contribution in [0, 0.1) is 13.8 Å². The van der Waals surface area contributed by atoms with Gasteiger partial charge in [-0.05, 0) is 49.2 Å². The van der Waals surface area contributed by atoms with E-state index in [1.807, 2.05) is 31.2 Å². The zero-order valence-corrected chi connectivity index (χ0v) is 16.2. The summed E-state index contributed by atoms with van der Waals surface area (Å²) in [6.45, 7) is 5.06. The Hall–Kier alpha value is -2.01. The standard InChI is InChI=1S/C20H20ClNO3.ClH/c1-12-13(2)20(24)25-19-16(12)7-8-18(23)17(19)11-22-10-9-14-3-5-15(21)6-4-14;/h3-8,22-23H,9-11H2,1-2H3;1H. The van der Waals surface area contributed by atoms with Crippen LogP contribution in [-0.2, 0) is 13.0 Å². The van der Waals surface area contributed by atoms with Gasteiger partial charge < -0.3 is 27.2 Å². The first-order valence-corrected chi connectivity index (χ1v) is 8.66. The van der Waals surface area contributed by atoms with Crippen LogP contribution >= 0.6 is 11.6 Å². The number of fused-ring (bicyclic) bond motifs is 1. The number of phenolic OH excluding ortho intramolecular Hbond substituents is 1. The molecular formula is C20H21Cl2NO3. The van der Waals surface area contributed by atoms with Crippen molar-refractivity contribution in [3.05, 3.63) is 74.1 Å². The number of phenols is 1. The highest BCUT2D eigenvalue weighted by Gasteiger charge is 2.15. The van der Waals surface area contributed by atoms with E-state index in [1.165, 1.54) is 5.56 Å². The number of hydrogen-bond acceptors (Lipinski definition) is 3. The maximum Gasteiger partial charge on any atom is 0.339 e. The molecule has 1 aromatic heterocycles. The van der Waals surface area contributed by atoms with Gasteiger partial charge in [-0.15, -0.1) is 0 Å². The van der Waals surface area contributed by atoms with Crippen molar-refractivity contribution in [2.24, 2.45) is 0 Å². The summed E-state index contributed by atoms with van der Waals surface area (Å²) in [5.74, 6) is 0.154. The van der Waals surface area contributed by atoms with Crippen LogP contribution in [0.5, 0.6) is 5.75 Å². The molecule has 0 fully saturated rings. The van der Waals surface area contributed by atoms with Crippen LogP contribution < -0.4 is 23.3 Å². The Bertz CT molecular complexity index is 965. The van der Waals surface area contributed by atoms with Gasteiger partial charge in [-0.1, -0.05) is 23.7 Å². The minimum atomic E-state index is -0.349. The summed E-state index contributed by atoms with van der Waals surface area (Å²) in [5.41, 5.74) is 3.51. The lowest BCUT2D eigenvalue weighted by Crippen LogP contribution is -3.00. The zero-order valence-electron chi connectivity index (χ0n) is 14.7. The lowest BCUT2D eigenvalue weighted by atomic mass is 10.0. The molecule has 0 unspecified atom stereocenters. The molecule has 3 aromatic rings. The van der Waals surface area contributed by atoms with E-state index in [1.54, 1.807) is 19.1 Å². The third-order valence-corrected chi connectivity index (χ3v) is 4.85. The number of aryl methyl sites for hydroxylation is 1. The molecule has 2 aromatic carbocycles. The SMILES string of the molecule is Cc1c(C)c2ccc(O)c(C[NH2+]CCc3ccc(Cl)cc3)c2oc1=O.[Cl-]. The van der Waals surface area contributed by atoms with Crippen molar-refractivity contribution in [3.8, 4) is 5.75 Å². The van der Waals surface area contributed by atoms with Crippen molar-refractivity contribution >= 4 is 22.6 Å². The molecule has 26 heavy (non-hydrogen) atoms. The predicted molar refractivity (Wildman–Crippen MR) is 99.3 cm³/mol. The first-order chi connectivity index (χ1) is 12.0. The number of hydrogen-bond donors (Lipinski definition) is 2. The third-order valence-electron chi connectivity index (χ3n) is 4.60. The van der Waals surface area contributed by atoms with Crippen LogP contribution in [0.2, 0.25) is 5.02 Å². The summed E-state index contributed by atoms with van der Waals surface area (Å²) in [6.07, 6.45) is 0.894. The van der Waals surface area contributed by atoms with E-state index in [0.717, 1.165) is 28.9 Å². The average Bonchev–Trinajstić information content (AvgIpc) is 2.60. The Labute approximate surface area is 163 Å². The van der Waals surface area contributed by atoms with E-state index in [2.05, 4.69) is 5.32 Å². The molecule has 0 aliphatic carbocycles. The van der Waals surface area contributed by atoms with Gasteiger partial charge in [0.1, 0.15) is 12.3 Å². The molecule has 138 valence electrons. The van der Waals surface area contributed by atoms with E-state index < -0.39 is 0 Å². The first-order valence-electron chi connectivity index (χ1n) is 8.28. The summed E-state index contributed by atoms with van der Waals surface area (Å²) in [6, 6.07) is 11.2. The maximum atomic E-state index is 12.0. The van der Waals surface area contributed by atoms with Crippen molar-refractivity contribution in [3.63, 3.8) is 0 Å². The largest absolute Gasteiger partial charge is 1.00 e. The van der Waals surface area contributed by atoms with Crippen molar-refractivity contribution in [1.82, 2.24) is 0 Å². The van der Waals surface area contributed by atoms with Gasteiger partial charge in [0.2, 0.25) is 0 Å². The second-order valence-corrected chi connectivity index (χ2v) is 6.67. The second-order valence-electron chi connectivity index (χ2n) is 6.24. The average molecular weight is 394 g/mol. The quantitative estimate of drug-likeness (QED) is 0.476. The molecule has 0 aliphatic heterocycles. The van der Waals surface area contributed by atoms with Gasteiger partial charge >= 0.3 is 5.63 Å². The van der Waals surface area contributed by atoms with Crippen LogP contribution in [-0.4, -0.2) is 11.7 Å². The van der Waals surface area contributed by atoms with Crippen LogP contribution in [0.3, 0.4) is 0 Å². The summed E-state index contributed by atoms with van der Waals surface area (Å²) in [4.78, 5) is 12.0. The van der Waals surface area contributed by atoms with Gasteiger partial charge in [-0.3, -0.25) is 0 Å². The first kappa shape index (κ1) is 20.3. The van der Waals surface area contributed by atoms with Crippen LogP contribution in [0.25, 0.3) is 11.0 Å². The Kier molecular flexibility index (Phi) is 6.70. The number of halogens is 2. The molecule has 0 saturated heterocycles.